The summed E-state index contributed by atoms with van der Waals surface area (Å²) in [7, 11) is -2.02. The van der Waals surface area contributed by atoms with Crippen LogP contribution in [-0.2, 0) is 16.6 Å². The highest BCUT2D eigenvalue weighted by Crippen LogP contribution is 2.25. The van der Waals surface area contributed by atoms with Crippen molar-refractivity contribution in [1.29, 1.82) is 0 Å². The summed E-state index contributed by atoms with van der Waals surface area (Å²) >= 11 is 7.21. The van der Waals surface area contributed by atoms with Crippen LogP contribution in [0.4, 0.5) is 0 Å². The van der Waals surface area contributed by atoms with Gasteiger partial charge in [0.05, 0.1) is 15.3 Å². The number of aliphatic hydroxyl groups excluding tert-OH is 1. The molecule has 2 aromatic rings. The van der Waals surface area contributed by atoms with Gasteiger partial charge in [0.25, 0.3) is 0 Å². The van der Waals surface area contributed by atoms with Crippen LogP contribution in [0.25, 0.3) is 0 Å². The molecule has 1 aromatic carbocycles. The molecule has 0 saturated carbocycles. The summed E-state index contributed by atoms with van der Waals surface area (Å²) < 4.78 is 26.8. The van der Waals surface area contributed by atoms with Gasteiger partial charge in [-0.05, 0) is 36.8 Å². The third kappa shape index (κ3) is 3.84. The number of sulfonamides is 1. The van der Waals surface area contributed by atoms with Gasteiger partial charge in [-0.1, -0.05) is 23.7 Å². The SMILES string of the molecule is CC(O)c1ccc(S(=O)(=O)N(C)Cc2ccc(Cl)s2)cc1. The number of hydrogen-bond acceptors (Lipinski definition) is 4. The molecule has 1 heterocycles. The van der Waals surface area contributed by atoms with Gasteiger partial charge in [0.2, 0.25) is 10.0 Å². The van der Waals surface area contributed by atoms with Crippen molar-refractivity contribution in [2.24, 2.45) is 0 Å². The first-order chi connectivity index (χ1) is 9.80. The lowest BCUT2D eigenvalue weighted by Crippen LogP contribution is -2.26. The Morgan fingerprint density at radius 2 is 1.86 bits per heavy atom. The van der Waals surface area contributed by atoms with Crippen LogP contribution in [0.2, 0.25) is 4.34 Å². The predicted molar refractivity (Wildman–Crippen MR) is 85.1 cm³/mol. The van der Waals surface area contributed by atoms with Gasteiger partial charge in [0, 0.05) is 18.5 Å². The largest absolute Gasteiger partial charge is 0.389 e. The van der Waals surface area contributed by atoms with Crippen molar-refractivity contribution in [2.75, 3.05) is 7.05 Å². The van der Waals surface area contributed by atoms with Gasteiger partial charge in [0.15, 0.2) is 0 Å². The summed E-state index contributed by atoms with van der Waals surface area (Å²) in [6, 6.07) is 9.82. The van der Waals surface area contributed by atoms with Crippen molar-refractivity contribution in [1.82, 2.24) is 4.31 Å². The van der Waals surface area contributed by atoms with E-state index in [0.717, 1.165) is 4.88 Å². The quantitative estimate of drug-likeness (QED) is 0.904. The molecule has 0 saturated heterocycles. The van der Waals surface area contributed by atoms with E-state index in [1.54, 1.807) is 25.1 Å². The van der Waals surface area contributed by atoms with E-state index < -0.39 is 16.1 Å². The highest BCUT2D eigenvalue weighted by molar-refractivity contribution is 7.89. The molecule has 4 nitrogen and oxygen atoms in total. The minimum atomic E-state index is -3.56. The Balaban J connectivity index is 2.20. The van der Waals surface area contributed by atoms with E-state index in [9.17, 15) is 13.5 Å². The van der Waals surface area contributed by atoms with Crippen LogP contribution in [0.3, 0.4) is 0 Å². The lowest BCUT2D eigenvalue weighted by molar-refractivity contribution is 0.199. The highest BCUT2D eigenvalue weighted by Gasteiger charge is 2.21. The first-order valence-corrected chi connectivity index (χ1v) is 8.93. The standard InChI is InChI=1S/C14H16ClNO3S2/c1-10(17)11-3-6-13(7-4-11)21(18,19)16(2)9-12-5-8-14(15)20-12/h3-8,10,17H,9H2,1-2H3. The van der Waals surface area contributed by atoms with Crippen LogP contribution < -0.4 is 0 Å². The lowest BCUT2D eigenvalue weighted by atomic mass is 10.1. The molecule has 114 valence electrons. The van der Waals surface area contributed by atoms with Crippen LogP contribution in [-0.4, -0.2) is 24.9 Å². The zero-order valence-corrected chi connectivity index (χ0v) is 14.0. The third-order valence-corrected chi connectivity index (χ3v) is 6.11. The van der Waals surface area contributed by atoms with Gasteiger partial charge in [-0.2, -0.15) is 4.31 Å². The number of benzene rings is 1. The fraction of sp³-hybridized carbons (Fsp3) is 0.286. The lowest BCUT2D eigenvalue weighted by Gasteiger charge is -2.16. The number of thiophene rings is 1. The van der Waals surface area contributed by atoms with Crippen molar-refractivity contribution in [2.45, 2.75) is 24.5 Å². The molecule has 0 aliphatic rings. The van der Waals surface area contributed by atoms with E-state index >= 15 is 0 Å². The molecule has 0 aliphatic heterocycles. The van der Waals surface area contributed by atoms with Gasteiger partial charge in [-0.25, -0.2) is 8.42 Å². The summed E-state index contributed by atoms with van der Waals surface area (Å²) in [5.74, 6) is 0. The fourth-order valence-electron chi connectivity index (χ4n) is 1.84. The van der Waals surface area contributed by atoms with Crippen molar-refractivity contribution in [3.05, 3.63) is 51.2 Å². The van der Waals surface area contributed by atoms with Crippen LogP contribution in [0, 0.1) is 0 Å². The van der Waals surface area contributed by atoms with Gasteiger partial charge in [-0.3, -0.25) is 0 Å². The summed E-state index contributed by atoms with van der Waals surface area (Å²) in [6.45, 7) is 1.91. The maximum absolute atomic E-state index is 12.5. The second-order valence-electron chi connectivity index (χ2n) is 4.71. The molecule has 0 amide bonds. The van der Waals surface area contributed by atoms with E-state index in [-0.39, 0.29) is 11.4 Å². The summed E-state index contributed by atoms with van der Waals surface area (Å²) in [5, 5.41) is 9.45. The topological polar surface area (TPSA) is 57.6 Å². The molecule has 0 aliphatic carbocycles. The Morgan fingerprint density at radius 1 is 1.24 bits per heavy atom. The normalized spacial score (nSPS) is 13.6. The minimum Gasteiger partial charge on any atom is -0.389 e. The zero-order chi connectivity index (χ0) is 15.6. The summed E-state index contributed by atoms with van der Waals surface area (Å²) in [6.07, 6.45) is -0.618. The molecule has 0 fully saturated rings. The second-order valence-corrected chi connectivity index (χ2v) is 8.56. The van der Waals surface area contributed by atoms with Crippen molar-refractivity contribution in [3.8, 4) is 0 Å². The molecule has 1 unspecified atom stereocenters. The first kappa shape index (κ1) is 16.5. The van der Waals surface area contributed by atoms with Crippen LogP contribution >= 0.6 is 22.9 Å². The molecule has 0 radical (unpaired) electrons. The number of aliphatic hydroxyl groups is 1. The zero-order valence-electron chi connectivity index (χ0n) is 11.7. The average Bonchev–Trinajstić information content (AvgIpc) is 2.84. The highest BCUT2D eigenvalue weighted by atomic mass is 35.5. The first-order valence-electron chi connectivity index (χ1n) is 6.29. The molecule has 1 N–H and O–H groups in total. The summed E-state index contributed by atoms with van der Waals surface area (Å²) in [4.78, 5) is 1.09. The molecular formula is C14H16ClNO3S2. The Labute approximate surface area is 133 Å². The Morgan fingerprint density at radius 3 is 2.33 bits per heavy atom. The Kier molecular flexibility index (Phi) is 5.06. The average molecular weight is 346 g/mol. The molecule has 2 rings (SSSR count). The van der Waals surface area contributed by atoms with E-state index in [1.807, 2.05) is 6.07 Å². The minimum absolute atomic E-state index is 0.206. The molecule has 7 heteroatoms. The Bertz CT molecular complexity index is 708. The number of nitrogens with zero attached hydrogens (tertiary/aromatic N) is 1. The number of hydrogen-bond donors (Lipinski definition) is 1. The molecule has 21 heavy (non-hydrogen) atoms. The van der Waals surface area contributed by atoms with E-state index in [2.05, 4.69) is 0 Å². The van der Waals surface area contributed by atoms with Gasteiger partial charge in [-0.15, -0.1) is 11.3 Å². The van der Waals surface area contributed by atoms with Crippen LogP contribution in [0.1, 0.15) is 23.5 Å². The third-order valence-electron chi connectivity index (χ3n) is 3.08. The number of rotatable bonds is 5. The van der Waals surface area contributed by atoms with Gasteiger partial charge in [0.1, 0.15) is 0 Å². The van der Waals surface area contributed by atoms with Crippen LogP contribution in [0.5, 0.6) is 0 Å². The van der Waals surface area contributed by atoms with E-state index in [1.165, 1.54) is 34.8 Å². The van der Waals surface area contributed by atoms with E-state index in [0.29, 0.717) is 9.90 Å². The van der Waals surface area contributed by atoms with Crippen LogP contribution in [0.15, 0.2) is 41.3 Å². The number of halogens is 1. The van der Waals surface area contributed by atoms with E-state index in [4.69, 9.17) is 11.6 Å². The van der Waals surface area contributed by atoms with Gasteiger partial charge < -0.3 is 5.11 Å². The molecular weight excluding hydrogens is 330 g/mol. The maximum atomic E-state index is 12.5. The fourth-order valence-corrected chi connectivity index (χ4v) is 4.21. The molecule has 1 aromatic heterocycles. The molecule has 0 spiro atoms. The van der Waals surface area contributed by atoms with Crippen molar-refractivity contribution >= 4 is 33.0 Å². The van der Waals surface area contributed by atoms with Crippen molar-refractivity contribution in [3.63, 3.8) is 0 Å². The maximum Gasteiger partial charge on any atom is 0.243 e. The van der Waals surface area contributed by atoms with Gasteiger partial charge >= 0.3 is 0 Å². The summed E-state index contributed by atoms with van der Waals surface area (Å²) in [5.41, 5.74) is 0.682. The second kappa shape index (κ2) is 6.46. The molecule has 1 atom stereocenters. The Hall–Kier alpha value is -0.920. The monoisotopic (exact) mass is 345 g/mol. The smallest absolute Gasteiger partial charge is 0.243 e. The molecule has 0 bridgehead atoms. The van der Waals surface area contributed by atoms with Crippen molar-refractivity contribution < 1.29 is 13.5 Å². The predicted octanol–water partition coefficient (Wildman–Crippen LogP) is 3.28.